The van der Waals surface area contributed by atoms with Gasteiger partial charge in [-0.1, -0.05) is 6.07 Å². The van der Waals surface area contributed by atoms with Crippen molar-refractivity contribution in [3.8, 4) is 5.75 Å². The molecule has 28 heavy (non-hydrogen) atoms. The van der Waals surface area contributed by atoms with Crippen LogP contribution in [0.15, 0.2) is 30.3 Å². The summed E-state index contributed by atoms with van der Waals surface area (Å²) in [6.07, 6.45) is 0. The van der Waals surface area contributed by atoms with Crippen LogP contribution in [0.3, 0.4) is 0 Å². The number of carbonyl (C=O) groups excluding carboxylic acids is 1. The number of benzene rings is 2. The molecule has 0 unspecified atom stereocenters. The number of hydrogen-bond donors (Lipinski definition) is 0. The highest BCUT2D eigenvalue weighted by atomic mass is 32.1. The molecule has 0 atom stereocenters. The number of nitro benzene ring substituents is 1. The van der Waals surface area contributed by atoms with Gasteiger partial charge in [0.05, 0.1) is 11.5 Å². The molecule has 0 bridgehead atoms. The Morgan fingerprint density at radius 3 is 2.96 bits per heavy atom. The number of hydrogen-bond acceptors (Lipinski definition) is 7. The molecule has 0 radical (unpaired) electrons. The van der Waals surface area contributed by atoms with Crippen LogP contribution in [0.1, 0.15) is 26.4 Å². The molecule has 0 saturated carbocycles. The highest BCUT2D eigenvalue weighted by Crippen LogP contribution is 2.35. The van der Waals surface area contributed by atoms with Gasteiger partial charge < -0.3 is 14.2 Å². The first kappa shape index (κ1) is 18.3. The third-order valence-electron chi connectivity index (χ3n) is 4.43. The Morgan fingerprint density at radius 1 is 1.39 bits per heavy atom. The topological polar surface area (TPSA) is 87.9 Å². The van der Waals surface area contributed by atoms with Crippen molar-refractivity contribution >= 4 is 33.1 Å². The van der Waals surface area contributed by atoms with Gasteiger partial charge in [0.25, 0.3) is 5.69 Å². The monoisotopic (exact) mass is 403 g/mol. The van der Waals surface area contributed by atoms with Crippen molar-refractivity contribution in [1.82, 2.24) is 0 Å². The molecule has 0 spiro atoms. The summed E-state index contributed by atoms with van der Waals surface area (Å²) in [6.45, 7) is 1.64. The molecule has 7 nitrogen and oxygen atoms in total. The molecule has 3 aromatic rings. The second-order valence-corrected chi connectivity index (χ2v) is 7.26. The Labute approximate surface area is 162 Å². The van der Waals surface area contributed by atoms with E-state index in [1.54, 1.807) is 19.1 Å². The zero-order valence-corrected chi connectivity index (χ0v) is 15.5. The number of ether oxygens (including phenoxy) is 3. The van der Waals surface area contributed by atoms with Gasteiger partial charge in [0, 0.05) is 33.3 Å². The number of nitrogens with zero attached hydrogens (tertiary/aromatic N) is 1. The molecule has 4 rings (SSSR count). The molecule has 0 amide bonds. The Morgan fingerprint density at radius 2 is 2.21 bits per heavy atom. The van der Waals surface area contributed by atoms with Crippen molar-refractivity contribution in [3.63, 3.8) is 0 Å². The van der Waals surface area contributed by atoms with Crippen molar-refractivity contribution in [3.05, 3.63) is 67.8 Å². The predicted molar refractivity (Wildman–Crippen MR) is 99.0 cm³/mol. The second-order valence-electron chi connectivity index (χ2n) is 6.21. The number of nitro groups is 1. The van der Waals surface area contributed by atoms with Gasteiger partial charge in [-0.05, 0) is 24.6 Å². The lowest BCUT2D eigenvalue weighted by molar-refractivity contribution is -0.385. The summed E-state index contributed by atoms with van der Waals surface area (Å²) in [5.74, 6) is -0.597. The van der Waals surface area contributed by atoms with Crippen molar-refractivity contribution < 1.29 is 28.3 Å². The van der Waals surface area contributed by atoms with Gasteiger partial charge in [-0.3, -0.25) is 10.1 Å². The normalized spacial score (nSPS) is 13.1. The van der Waals surface area contributed by atoms with E-state index in [0.29, 0.717) is 37.4 Å². The maximum Gasteiger partial charge on any atom is 0.348 e. The van der Waals surface area contributed by atoms with Crippen LogP contribution in [-0.2, 0) is 22.7 Å². The fourth-order valence-electron chi connectivity index (χ4n) is 3.15. The molecule has 1 aromatic heterocycles. The maximum atomic E-state index is 14.0. The molecule has 0 aliphatic carbocycles. The molecule has 2 aromatic carbocycles. The Balaban J connectivity index is 1.62. The molecule has 0 N–H and O–H groups in total. The van der Waals surface area contributed by atoms with Gasteiger partial charge in [-0.15, -0.1) is 11.3 Å². The Hall–Kier alpha value is -3.04. The van der Waals surface area contributed by atoms with Crippen LogP contribution >= 0.6 is 11.3 Å². The fraction of sp³-hybridized carbons (Fsp3) is 0.211. The van der Waals surface area contributed by atoms with E-state index in [9.17, 15) is 19.3 Å². The van der Waals surface area contributed by atoms with Gasteiger partial charge in [-0.25, -0.2) is 9.18 Å². The lowest BCUT2D eigenvalue weighted by Gasteiger charge is -2.20. The molecule has 2 heterocycles. The van der Waals surface area contributed by atoms with Crippen molar-refractivity contribution in [2.75, 3.05) is 6.79 Å². The number of rotatable bonds is 4. The molecular weight excluding hydrogens is 389 g/mol. The van der Waals surface area contributed by atoms with E-state index >= 15 is 0 Å². The summed E-state index contributed by atoms with van der Waals surface area (Å²) in [7, 11) is 0. The van der Waals surface area contributed by atoms with Gasteiger partial charge in [0.15, 0.2) is 6.79 Å². The first-order chi connectivity index (χ1) is 13.5. The molecule has 9 heteroatoms. The average Bonchev–Trinajstić information content (AvgIpc) is 3.03. The zero-order valence-electron chi connectivity index (χ0n) is 14.7. The van der Waals surface area contributed by atoms with Gasteiger partial charge >= 0.3 is 5.97 Å². The smallest absolute Gasteiger partial charge is 0.348 e. The van der Waals surface area contributed by atoms with Crippen LogP contribution in [0.4, 0.5) is 10.1 Å². The Bertz CT molecular complexity index is 1110. The predicted octanol–water partition coefficient (Wildman–Crippen LogP) is 4.48. The summed E-state index contributed by atoms with van der Waals surface area (Å²) < 4.78 is 30.7. The van der Waals surface area contributed by atoms with Crippen molar-refractivity contribution in [2.24, 2.45) is 0 Å². The minimum atomic E-state index is -0.620. The summed E-state index contributed by atoms with van der Waals surface area (Å²) in [6, 6.07) is 7.34. The van der Waals surface area contributed by atoms with Crippen LogP contribution in [0.5, 0.6) is 5.75 Å². The lowest BCUT2D eigenvalue weighted by Crippen LogP contribution is -2.15. The van der Waals surface area contributed by atoms with Crippen LogP contribution < -0.4 is 4.74 Å². The summed E-state index contributed by atoms with van der Waals surface area (Å²) in [5.41, 5.74) is 1.27. The number of esters is 1. The largest absolute Gasteiger partial charge is 0.467 e. The molecular formula is C19H14FNO6S. The lowest BCUT2D eigenvalue weighted by atomic mass is 10.1. The summed E-state index contributed by atoms with van der Waals surface area (Å²) >= 11 is 1.14. The van der Waals surface area contributed by atoms with Crippen LogP contribution in [0, 0.1) is 22.9 Å². The molecule has 0 fully saturated rings. The molecule has 0 saturated heterocycles. The maximum absolute atomic E-state index is 14.0. The first-order valence-corrected chi connectivity index (χ1v) is 9.13. The first-order valence-electron chi connectivity index (χ1n) is 8.31. The summed E-state index contributed by atoms with van der Waals surface area (Å²) in [5, 5.41) is 11.6. The van der Waals surface area contributed by atoms with Crippen LogP contribution in [-0.4, -0.2) is 17.7 Å². The quantitative estimate of drug-likeness (QED) is 0.363. The van der Waals surface area contributed by atoms with Gasteiger partial charge in [0.1, 0.15) is 23.1 Å². The number of fused-ring (bicyclic) bond motifs is 2. The third kappa shape index (κ3) is 3.19. The second kappa shape index (κ2) is 7.17. The average molecular weight is 403 g/mol. The van der Waals surface area contributed by atoms with E-state index in [1.807, 2.05) is 0 Å². The van der Waals surface area contributed by atoms with Crippen LogP contribution in [0.2, 0.25) is 0 Å². The zero-order chi connectivity index (χ0) is 19.8. The van der Waals surface area contributed by atoms with E-state index in [2.05, 4.69) is 0 Å². The molecule has 1 aliphatic heterocycles. The minimum Gasteiger partial charge on any atom is -0.467 e. The number of thiophene rings is 1. The molecule has 1 aliphatic rings. The van der Waals surface area contributed by atoms with E-state index < -0.39 is 16.7 Å². The minimum absolute atomic E-state index is 0.0143. The van der Waals surface area contributed by atoms with Crippen molar-refractivity contribution in [1.29, 1.82) is 0 Å². The van der Waals surface area contributed by atoms with E-state index in [-0.39, 0.29) is 25.7 Å². The van der Waals surface area contributed by atoms with Gasteiger partial charge in [0.2, 0.25) is 0 Å². The van der Waals surface area contributed by atoms with E-state index in [1.165, 1.54) is 18.2 Å². The van der Waals surface area contributed by atoms with E-state index in [4.69, 9.17) is 14.2 Å². The highest BCUT2D eigenvalue weighted by molar-refractivity contribution is 7.21. The third-order valence-corrected chi connectivity index (χ3v) is 5.67. The highest BCUT2D eigenvalue weighted by Gasteiger charge is 2.23. The standard InChI is InChI=1S/C19H14FNO6S/c1-10-16-14(20)3-2-4-15(16)28-18(10)19(22)26-8-12-6-13(21(23)24)5-11-7-25-9-27-17(11)12/h2-6H,7-9H2,1H3. The van der Waals surface area contributed by atoms with Crippen LogP contribution in [0.25, 0.3) is 10.1 Å². The number of aryl methyl sites for hydroxylation is 1. The molecule has 144 valence electrons. The number of non-ortho nitro benzene ring substituents is 1. The van der Waals surface area contributed by atoms with E-state index in [0.717, 1.165) is 11.3 Å². The Kier molecular flexibility index (Phi) is 4.70. The SMILES string of the molecule is Cc1c(C(=O)OCc2cc([N+](=O)[O-])cc3c2OCOC3)sc2cccc(F)c12. The fourth-order valence-corrected chi connectivity index (χ4v) is 4.27. The number of carbonyl (C=O) groups is 1. The summed E-state index contributed by atoms with van der Waals surface area (Å²) in [4.78, 5) is 23.5. The number of halogens is 1. The van der Waals surface area contributed by atoms with Crippen molar-refractivity contribution in [2.45, 2.75) is 20.1 Å². The van der Waals surface area contributed by atoms with Gasteiger partial charge in [-0.2, -0.15) is 0 Å².